The smallest absolute Gasteiger partial charge is 0.193 e. The van der Waals surface area contributed by atoms with Crippen LogP contribution in [0.15, 0.2) is 18.5 Å². The highest BCUT2D eigenvalue weighted by Gasteiger charge is 2.19. The third-order valence-corrected chi connectivity index (χ3v) is 2.20. The maximum Gasteiger partial charge on any atom is 0.193 e. The molecule has 0 saturated heterocycles. The molecule has 0 bridgehead atoms. The second kappa shape index (κ2) is 6.33. The zero-order valence-electron chi connectivity index (χ0n) is 9.57. The van der Waals surface area contributed by atoms with Crippen LogP contribution >= 0.6 is 0 Å². The molecule has 0 amide bonds. The van der Waals surface area contributed by atoms with Crippen molar-refractivity contribution in [2.24, 2.45) is 0 Å². The lowest BCUT2D eigenvalue weighted by atomic mass is 10.0. The molecule has 1 atom stereocenters. The van der Waals surface area contributed by atoms with Crippen molar-refractivity contribution in [2.45, 2.75) is 32.8 Å². The zero-order chi connectivity index (χ0) is 12.0. The fourth-order valence-corrected chi connectivity index (χ4v) is 1.49. The van der Waals surface area contributed by atoms with Crippen LogP contribution in [0.25, 0.3) is 0 Å². The largest absolute Gasteiger partial charge is 0.370 e. The zero-order valence-corrected chi connectivity index (χ0v) is 9.57. The van der Waals surface area contributed by atoms with Gasteiger partial charge in [-0.1, -0.05) is 13.3 Å². The second-order valence-corrected chi connectivity index (χ2v) is 3.49. The fourth-order valence-electron chi connectivity index (χ4n) is 1.49. The van der Waals surface area contributed by atoms with Gasteiger partial charge in [0.05, 0.1) is 6.20 Å². The molecule has 0 N–H and O–H groups in total. The number of ketones is 1. The SMILES string of the molecule is CCCC(OCC)C(=O)c1cncc(F)c1. The van der Waals surface area contributed by atoms with Crippen LogP contribution in [0.1, 0.15) is 37.0 Å². The summed E-state index contributed by atoms with van der Waals surface area (Å²) in [6, 6.07) is 1.19. The summed E-state index contributed by atoms with van der Waals surface area (Å²) in [5, 5.41) is 0. The summed E-state index contributed by atoms with van der Waals surface area (Å²) in [6.07, 6.45) is 3.44. The Kier molecular flexibility index (Phi) is 5.05. The first kappa shape index (κ1) is 12.8. The average Bonchev–Trinajstić information content (AvgIpc) is 2.28. The fraction of sp³-hybridized carbons (Fsp3) is 0.500. The number of hydrogen-bond acceptors (Lipinski definition) is 3. The summed E-state index contributed by atoms with van der Waals surface area (Å²) in [5.41, 5.74) is 0.270. The summed E-state index contributed by atoms with van der Waals surface area (Å²) in [7, 11) is 0. The summed E-state index contributed by atoms with van der Waals surface area (Å²) >= 11 is 0. The Bertz CT molecular complexity index is 349. The van der Waals surface area contributed by atoms with E-state index in [-0.39, 0.29) is 11.3 Å². The highest BCUT2D eigenvalue weighted by molar-refractivity contribution is 5.99. The van der Waals surface area contributed by atoms with E-state index in [1.807, 2.05) is 13.8 Å². The van der Waals surface area contributed by atoms with Crippen LogP contribution in [0, 0.1) is 5.82 Å². The Labute approximate surface area is 94.6 Å². The summed E-state index contributed by atoms with van der Waals surface area (Å²) < 4.78 is 18.2. The lowest BCUT2D eigenvalue weighted by molar-refractivity contribution is 0.0422. The molecule has 0 spiro atoms. The minimum absolute atomic E-state index is 0.198. The average molecular weight is 225 g/mol. The number of rotatable bonds is 6. The summed E-state index contributed by atoms with van der Waals surface area (Å²) in [5.74, 6) is -0.701. The van der Waals surface area contributed by atoms with E-state index in [1.165, 1.54) is 12.3 Å². The van der Waals surface area contributed by atoms with E-state index in [4.69, 9.17) is 4.74 Å². The van der Waals surface area contributed by atoms with Crippen molar-refractivity contribution in [1.29, 1.82) is 0 Å². The number of carbonyl (C=O) groups excluding carboxylic acids is 1. The Morgan fingerprint density at radius 2 is 2.25 bits per heavy atom. The van der Waals surface area contributed by atoms with Crippen molar-refractivity contribution in [1.82, 2.24) is 4.98 Å². The van der Waals surface area contributed by atoms with Gasteiger partial charge in [-0.2, -0.15) is 0 Å². The molecule has 88 valence electrons. The van der Waals surface area contributed by atoms with Crippen molar-refractivity contribution >= 4 is 5.78 Å². The number of pyridine rings is 1. The van der Waals surface area contributed by atoms with Crippen molar-refractivity contribution in [3.63, 3.8) is 0 Å². The Morgan fingerprint density at radius 3 is 2.81 bits per heavy atom. The van der Waals surface area contributed by atoms with Crippen LogP contribution in [-0.4, -0.2) is 23.5 Å². The van der Waals surface area contributed by atoms with Gasteiger partial charge < -0.3 is 4.74 Å². The molecule has 0 fully saturated rings. The van der Waals surface area contributed by atoms with Gasteiger partial charge in [-0.05, 0) is 19.4 Å². The molecule has 16 heavy (non-hydrogen) atoms. The van der Waals surface area contributed by atoms with E-state index < -0.39 is 11.9 Å². The molecule has 3 nitrogen and oxygen atoms in total. The third kappa shape index (κ3) is 3.38. The maximum absolute atomic E-state index is 12.9. The predicted molar refractivity (Wildman–Crippen MR) is 58.8 cm³/mol. The quantitative estimate of drug-likeness (QED) is 0.698. The van der Waals surface area contributed by atoms with Gasteiger partial charge in [-0.25, -0.2) is 4.39 Å². The van der Waals surface area contributed by atoms with E-state index in [2.05, 4.69) is 4.98 Å². The number of carbonyl (C=O) groups is 1. The first-order chi connectivity index (χ1) is 7.69. The van der Waals surface area contributed by atoms with Crippen molar-refractivity contribution < 1.29 is 13.9 Å². The number of ether oxygens (including phenoxy) is 1. The molecule has 4 heteroatoms. The van der Waals surface area contributed by atoms with Crippen LogP contribution < -0.4 is 0 Å². The third-order valence-electron chi connectivity index (χ3n) is 2.20. The number of nitrogens with zero attached hydrogens (tertiary/aromatic N) is 1. The van der Waals surface area contributed by atoms with Crippen LogP contribution in [0.4, 0.5) is 4.39 Å². The molecule has 1 heterocycles. The van der Waals surface area contributed by atoms with Gasteiger partial charge in [0.25, 0.3) is 0 Å². The molecule has 1 aromatic heterocycles. The van der Waals surface area contributed by atoms with E-state index in [0.717, 1.165) is 12.6 Å². The molecule has 0 radical (unpaired) electrons. The van der Waals surface area contributed by atoms with E-state index in [0.29, 0.717) is 13.0 Å². The van der Waals surface area contributed by atoms with Crippen LogP contribution in [0.3, 0.4) is 0 Å². The van der Waals surface area contributed by atoms with E-state index in [9.17, 15) is 9.18 Å². The van der Waals surface area contributed by atoms with Crippen molar-refractivity contribution in [3.05, 3.63) is 29.8 Å². The maximum atomic E-state index is 12.9. The monoisotopic (exact) mass is 225 g/mol. The van der Waals surface area contributed by atoms with Gasteiger partial charge in [-0.3, -0.25) is 9.78 Å². The Morgan fingerprint density at radius 1 is 1.50 bits per heavy atom. The van der Waals surface area contributed by atoms with Gasteiger partial charge in [0, 0.05) is 18.4 Å². The van der Waals surface area contributed by atoms with Gasteiger partial charge in [0.1, 0.15) is 11.9 Å². The molecule has 0 aliphatic carbocycles. The molecular weight excluding hydrogens is 209 g/mol. The number of aromatic nitrogens is 1. The first-order valence-electron chi connectivity index (χ1n) is 5.45. The number of hydrogen-bond donors (Lipinski definition) is 0. The lowest BCUT2D eigenvalue weighted by Crippen LogP contribution is -2.24. The lowest BCUT2D eigenvalue weighted by Gasteiger charge is -2.14. The van der Waals surface area contributed by atoms with Crippen molar-refractivity contribution in [3.8, 4) is 0 Å². The Hall–Kier alpha value is -1.29. The molecular formula is C12H16FNO2. The first-order valence-corrected chi connectivity index (χ1v) is 5.45. The molecule has 1 unspecified atom stereocenters. The molecule has 1 aromatic rings. The number of halogens is 1. The second-order valence-electron chi connectivity index (χ2n) is 3.49. The highest BCUT2D eigenvalue weighted by atomic mass is 19.1. The summed E-state index contributed by atoms with van der Waals surface area (Å²) in [6.45, 7) is 4.28. The minimum atomic E-state index is -0.502. The van der Waals surface area contributed by atoms with E-state index >= 15 is 0 Å². The van der Waals surface area contributed by atoms with Gasteiger partial charge in [-0.15, -0.1) is 0 Å². The normalized spacial score (nSPS) is 12.4. The van der Waals surface area contributed by atoms with Gasteiger partial charge >= 0.3 is 0 Å². The summed E-state index contributed by atoms with van der Waals surface area (Å²) in [4.78, 5) is 15.6. The van der Waals surface area contributed by atoms with Gasteiger partial charge in [0.15, 0.2) is 5.78 Å². The molecule has 0 aromatic carbocycles. The van der Waals surface area contributed by atoms with Crippen LogP contribution in [0.2, 0.25) is 0 Å². The predicted octanol–water partition coefficient (Wildman–Crippen LogP) is 2.61. The van der Waals surface area contributed by atoms with E-state index in [1.54, 1.807) is 0 Å². The molecule has 0 aliphatic heterocycles. The minimum Gasteiger partial charge on any atom is -0.370 e. The Balaban J connectivity index is 2.81. The van der Waals surface area contributed by atoms with Crippen molar-refractivity contribution in [2.75, 3.05) is 6.61 Å². The number of Topliss-reactive ketones (excluding diaryl/α,β-unsaturated/α-hetero) is 1. The standard InChI is InChI=1S/C12H16FNO2/c1-3-5-11(16-4-2)12(15)9-6-10(13)8-14-7-9/h6-8,11H,3-5H2,1-2H3. The van der Waals surface area contributed by atoms with Crippen LogP contribution in [0.5, 0.6) is 0 Å². The topological polar surface area (TPSA) is 39.2 Å². The molecule has 0 aliphatic rings. The van der Waals surface area contributed by atoms with Crippen LogP contribution in [-0.2, 0) is 4.74 Å². The molecule has 1 rings (SSSR count). The highest BCUT2D eigenvalue weighted by Crippen LogP contribution is 2.11. The molecule has 0 saturated carbocycles. The van der Waals surface area contributed by atoms with Gasteiger partial charge in [0.2, 0.25) is 0 Å².